The average molecular weight is 200 g/mol. The van der Waals surface area contributed by atoms with Gasteiger partial charge in [-0.3, -0.25) is 10.1 Å². The maximum Gasteiger partial charge on any atom is 0.216 e. The first-order chi connectivity index (χ1) is 6.52. The molecule has 1 aliphatic rings. The van der Waals surface area contributed by atoms with Gasteiger partial charge in [0.25, 0.3) is 0 Å². The van der Waals surface area contributed by atoms with Gasteiger partial charge in [0.15, 0.2) is 0 Å². The van der Waals surface area contributed by atoms with Crippen molar-refractivity contribution in [3.05, 3.63) is 10.1 Å². The molecule has 0 aromatic carbocycles. The van der Waals surface area contributed by atoms with Crippen molar-refractivity contribution >= 4 is 5.97 Å². The summed E-state index contributed by atoms with van der Waals surface area (Å²) in [6.07, 6.45) is 2.00. The molecule has 0 N–H and O–H groups in total. The molecule has 1 rings (SSSR count). The zero-order chi connectivity index (χ0) is 10.7. The number of carbonyl (C=O) groups is 1. The Balaban J connectivity index is 2.70. The normalized spacial score (nSPS) is 32.5. The van der Waals surface area contributed by atoms with Gasteiger partial charge in [-0.2, -0.15) is 0 Å². The molecule has 0 saturated heterocycles. The molecule has 0 unspecified atom stereocenters. The molecule has 0 aliphatic heterocycles. The molecular formula is C9H14NO4-. The Hall–Kier alpha value is -1.13. The largest absolute Gasteiger partial charge is 0.550 e. The molecule has 5 nitrogen and oxygen atoms in total. The van der Waals surface area contributed by atoms with Crippen molar-refractivity contribution in [2.45, 2.75) is 38.6 Å². The lowest BCUT2D eigenvalue weighted by atomic mass is 9.75. The first-order valence-corrected chi connectivity index (χ1v) is 4.85. The van der Waals surface area contributed by atoms with E-state index >= 15 is 0 Å². The molecule has 0 heterocycles. The van der Waals surface area contributed by atoms with Gasteiger partial charge in [0.1, 0.15) is 0 Å². The predicted octanol–water partition coefficient (Wildman–Crippen LogP) is 0.208. The van der Waals surface area contributed by atoms with Gasteiger partial charge in [-0.1, -0.05) is 6.92 Å². The molecule has 0 spiro atoms. The molecule has 0 aromatic rings. The second kappa shape index (κ2) is 4.39. The maximum atomic E-state index is 10.7. The molecule has 1 fully saturated rings. The fourth-order valence-corrected chi connectivity index (χ4v) is 2.25. The van der Waals surface area contributed by atoms with Crippen LogP contribution in [0.15, 0.2) is 0 Å². The summed E-state index contributed by atoms with van der Waals surface area (Å²) in [5.74, 6) is -1.43. The fraction of sp³-hybridized carbons (Fsp3) is 0.889. The number of carboxylic acid groups (broad SMARTS) is 1. The Labute approximate surface area is 82.3 Å². The SMILES string of the molecule is C[C@H]1CCC[C@H]([N+](=O)[O-])[C@@H]1CC(=O)[O-]. The van der Waals surface area contributed by atoms with Gasteiger partial charge in [0, 0.05) is 23.2 Å². The van der Waals surface area contributed by atoms with E-state index in [1.807, 2.05) is 6.92 Å². The summed E-state index contributed by atoms with van der Waals surface area (Å²) >= 11 is 0. The first-order valence-electron chi connectivity index (χ1n) is 4.85. The number of carboxylic acids is 1. The van der Waals surface area contributed by atoms with Crippen molar-refractivity contribution in [3.8, 4) is 0 Å². The van der Waals surface area contributed by atoms with Crippen LogP contribution in [-0.4, -0.2) is 16.9 Å². The van der Waals surface area contributed by atoms with Crippen LogP contribution in [0.2, 0.25) is 0 Å². The van der Waals surface area contributed by atoms with Gasteiger partial charge in [-0.15, -0.1) is 0 Å². The topological polar surface area (TPSA) is 83.3 Å². The van der Waals surface area contributed by atoms with E-state index in [0.29, 0.717) is 6.42 Å². The molecule has 3 atom stereocenters. The van der Waals surface area contributed by atoms with E-state index in [1.165, 1.54) is 0 Å². The highest BCUT2D eigenvalue weighted by Crippen LogP contribution is 2.33. The monoisotopic (exact) mass is 200 g/mol. The third-order valence-electron chi connectivity index (χ3n) is 3.06. The van der Waals surface area contributed by atoms with Crippen LogP contribution in [0.5, 0.6) is 0 Å². The molecule has 0 bridgehead atoms. The summed E-state index contributed by atoms with van der Waals surface area (Å²) in [7, 11) is 0. The molecule has 1 saturated carbocycles. The van der Waals surface area contributed by atoms with Gasteiger partial charge < -0.3 is 9.90 Å². The van der Waals surface area contributed by atoms with Crippen LogP contribution < -0.4 is 5.11 Å². The highest BCUT2D eigenvalue weighted by molar-refractivity contribution is 5.64. The van der Waals surface area contributed by atoms with E-state index in [4.69, 9.17) is 0 Å². The lowest BCUT2D eigenvalue weighted by Gasteiger charge is -2.31. The Morgan fingerprint density at radius 2 is 2.14 bits per heavy atom. The van der Waals surface area contributed by atoms with Crippen molar-refractivity contribution in [2.75, 3.05) is 0 Å². The second-order valence-corrected chi connectivity index (χ2v) is 4.00. The van der Waals surface area contributed by atoms with E-state index in [1.54, 1.807) is 0 Å². The van der Waals surface area contributed by atoms with E-state index in [0.717, 1.165) is 12.8 Å². The number of hydrogen-bond acceptors (Lipinski definition) is 4. The number of rotatable bonds is 3. The molecule has 0 amide bonds. The number of nitrogens with zero attached hydrogens (tertiary/aromatic N) is 1. The van der Waals surface area contributed by atoms with E-state index in [-0.39, 0.29) is 23.2 Å². The molecule has 14 heavy (non-hydrogen) atoms. The summed E-state index contributed by atoms with van der Waals surface area (Å²) in [5.41, 5.74) is 0. The van der Waals surface area contributed by atoms with Gasteiger partial charge in [-0.25, -0.2) is 0 Å². The number of carbonyl (C=O) groups excluding carboxylic acids is 1. The zero-order valence-electron chi connectivity index (χ0n) is 8.14. The highest BCUT2D eigenvalue weighted by Gasteiger charge is 2.38. The van der Waals surface area contributed by atoms with Crippen LogP contribution in [-0.2, 0) is 4.79 Å². The average Bonchev–Trinajstić information content (AvgIpc) is 2.07. The van der Waals surface area contributed by atoms with Crippen molar-refractivity contribution < 1.29 is 14.8 Å². The standard InChI is InChI=1S/C9H15NO4/c1-6-3-2-4-8(10(13)14)7(6)5-9(11)12/h6-8H,2-5H2,1H3,(H,11,12)/p-1/t6-,7+,8-/m0/s1. The molecule has 0 aromatic heterocycles. The van der Waals surface area contributed by atoms with Crippen LogP contribution in [0.3, 0.4) is 0 Å². The summed E-state index contributed by atoms with van der Waals surface area (Å²) in [4.78, 5) is 20.8. The van der Waals surface area contributed by atoms with E-state index < -0.39 is 12.0 Å². The molecule has 0 radical (unpaired) electrons. The number of nitro groups is 1. The number of hydrogen-bond donors (Lipinski definition) is 0. The summed E-state index contributed by atoms with van der Waals surface area (Å²) in [6, 6.07) is -0.698. The van der Waals surface area contributed by atoms with Crippen molar-refractivity contribution in [1.29, 1.82) is 0 Å². The van der Waals surface area contributed by atoms with Gasteiger partial charge in [0.05, 0.1) is 0 Å². The Morgan fingerprint density at radius 3 is 2.64 bits per heavy atom. The van der Waals surface area contributed by atoms with Gasteiger partial charge >= 0.3 is 0 Å². The minimum Gasteiger partial charge on any atom is -0.550 e. The predicted molar refractivity (Wildman–Crippen MR) is 46.9 cm³/mol. The van der Waals surface area contributed by atoms with Crippen LogP contribution in [0, 0.1) is 22.0 Å². The summed E-state index contributed by atoms with van der Waals surface area (Å²) in [5, 5.41) is 21.1. The molecule has 80 valence electrons. The summed E-state index contributed by atoms with van der Waals surface area (Å²) in [6.45, 7) is 1.88. The van der Waals surface area contributed by atoms with Crippen LogP contribution in [0.1, 0.15) is 32.6 Å². The van der Waals surface area contributed by atoms with Crippen LogP contribution in [0.4, 0.5) is 0 Å². The third kappa shape index (κ3) is 2.43. The smallest absolute Gasteiger partial charge is 0.216 e. The number of aliphatic carboxylic acids is 1. The summed E-state index contributed by atoms with van der Waals surface area (Å²) < 4.78 is 0. The van der Waals surface area contributed by atoms with Crippen LogP contribution in [0.25, 0.3) is 0 Å². The molecule has 5 heteroatoms. The third-order valence-corrected chi connectivity index (χ3v) is 3.06. The Kier molecular flexibility index (Phi) is 3.43. The quantitative estimate of drug-likeness (QED) is 0.481. The second-order valence-electron chi connectivity index (χ2n) is 4.00. The molecular weight excluding hydrogens is 186 g/mol. The minimum atomic E-state index is -1.18. The van der Waals surface area contributed by atoms with Crippen LogP contribution >= 0.6 is 0 Å². The van der Waals surface area contributed by atoms with Crippen molar-refractivity contribution in [3.63, 3.8) is 0 Å². The Bertz CT molecular complexity index is 241. The zero-order valence-corrected chi connectivity index (χ0v) is 8.14. The maximum absolute atomic E-state index is 10.7. The van der Waals surface area contributed by atoms with Crippen molar-refractivity contribution in [2.24, 2.45) is 11.8 Å². The van der Waals surface area contributed by atoms with E-state index in [9.17, 15) is 20.0 Å². The minimum absolute atomic E-state index is 0.108. The van der Waals surface area contributed by atoms with Gasteiger partial charge in [0.2, 0.25) is 6.04 Å². The highest BCUT2D eigenvalue weighted by atomic mass is 16.6. The fourth-order valence-electron chi connectivity index (χ4n) is 2.25. The molecule has 1 aliphatic carbocycles. The lowest BCUT2D eigenvalue weighted by Crippen LogP contribution is -2.40. The first kappa shape index (κ1) is 10.9. The van der Waals surface area contributed by atoms with Gasteiger partial charge in [-0.05, 0) is 25.2 Å². The Morgan fingerprint density at radius 1 is 1.50 bits per heavy atom. The van der Waals surface area contributed by atoms with E-state index in [2.05, 4.69) is 0 Å². The lowest BCUT2D eigenvalue weighted by molar-refractivity contribution is -0.538. The van der Waals surface area contributed by atoms with Crippen molar-refractivity contribution in [1.82, 2.24) is 0 Å².